The number of benzene rings is 1. The smallest absolute Gasteiger partial charge is 0.237 e. The van der Waals surface area contributed by atoms with Crippen LogP contribution in [0, 0.1) is 5.92 Å². The van der Waals surface area contributed by atoms with Crippen LogP contribution in [0.25, 0.3) is 0 Å². The average molecular weight is 424 g/mol. The number of para-hydroxylation sites is 2. The van der Waals surface area contributed by atoms with E-state index in [1.165, 1.54) is 0 Å². The van der Waals surface area contributed by atoms with Gasteiger partial charge in [0, 0.05) is 38.8 Å². The Labute approximate surface area is 174 Å². The summed E-state index contributed by atoms with van der Waals surface area (Å²) in [7, 11) is -1.33. The molecule has 1 amide bonds. The molecule has 0 bridgehead atoms. The summed E-state index contributed by atoms with van der Waals surface area (Å²) in [5, 5.41) is 0. The number of rotatable bonds is 7. The highest BCUT2D eigenvalue weighted by atomic mass is 32.2. The van der Waals surface area contributed by atoms with Crippen LogP contribution in [0.5, 0.6) is 5.75 Å². The zero-order chi connectivity index (χ0) is 21.0. The van der Waals surface area contributed by atoms with Gasteiger partial charge in [0.25, 0.3) is 0 Å². The molecule has 0 N–H and O–H groups in total. The van der Waals surface area contributed by atoms with Gasteiger partial charge in [-0.3, -0.25) is 9.69 Å². The molecule has 0 unspecified atom stereocenters. The fraction of sp³-hybridized carbons (Fsp3) is 0.667. The predicted molar refractivity (Wildman–Crippen MR) is 115 cm³/mol. The molecule has 0 saturated carbocycles. The topological polar surface area (TPSA) is 70.2 Å². The van der Waals surface area contributed by atoms with Crippen molar-refractivity contribution in [2.45, 2.75) is 26.3 Å². The Morgan fingerprint density at radius 3 is 2.48 bits per heavy atom. The molecule has 29 heavy (non-hydrogen) atoms. The van der Waals surface area contributed by atoms with Crippen LogP contribution >= 0.6 is 0 Å². The maximum Gasteiger partial charge on any atom is 0.237 e. The van der Waals surface area contributed by atoms with Crippen LogP contribution in [0.1, 0.15) is 20.3 Å². The van der Waals surface area contributed by atoms with E-state index in [-0.39, 0.29) is 23.5 Å². The SMILES string of the molecule is COc1ccccc1N1CCN(CC(=O)N(CC(C)C)[C@H]2CCS(=O)(=O)C2)CC1. The number of ether oxygens (including phenoxy) is 1. The summed E-state index contributed by atoms with van der Waals surface area (Å²) in [5.74, 6) is 1.52. The van der Waals surface area contributed by atoms with Crippen molar-refractivity contribution in [3.05, 3.63) is 24.3 Å². The van der Waals surface area contributed by atoms with Crippen LogP contribution in [-0.4, -0.2) is 88.1 Å². The first kappa shape index (κ1) is 21.9. The third kappa shape index (κ3) is 5.63. The van der Waals surface area contributed by atoms with Gasteiger partial charge < -0.3 is 14.5 Å². The quantitative estimate of drug-likeness (QED) is 0.662. The molecule has 2 saturated heterocycles. The molecule has 2 fully saturated rings. The lowest BCUT2D eigenvalue weighted by atomic mass is 10.1. The van der Waals surface area contributed by atoms with Gasteiger partial charge >= 0.3 is 0 Å². The summed E-state index contributed by atoms with van der Waals surface area (Å²) >= 11 is 0. The molecule has 2 heterocycles. The van der Waals surface area contributed by atoms with E-state index in [9.17, 15) is 13.2 Å². The van der Waals surface area contributed by atoms with Crippen LogP contribution < -0.4 is 9.64 Å². The van der Waals surface area contributed by atoms with Gasteiger partial charge in [-0.05, 0) is 24.5 Å². The van der Waals surface area contributed by atoms with Gasteiger partial charge in [0.1, 0.15) is 5.75 Å². The molecule has 1 aromatic rings. The Kier molecular flexibility index (Phi) is 7.05. The summed E-state index contributed by atoms with van der Waals surface area (Å²) in [4.78, 5) is 19.3. The highest BCUT2D eigenvalue weighted by molar-refractivity contribution is 7.91. The van der Waals surface area contributed by atoms with Crippen LogP contribution in [-0.2, 0) is 14.6 Å². The van der Waals surface area contributed by atoms with Crippen molar-refractivity contribution in [3.63, 3.8) is 0 Å². The number of sulfone groups is 1. The third-order valence-electron chi connectivity index (χ3n) is 5.69. The summed E-state index contributed by atoms with van der Waals surface area (Å²) in [6.07, 6.45) is 0.558. The van der Waals surface area contributed by atoms with Gasteiger partial charge in [-0.15, -0.1) is 0 Å². The average Bonchev–Trinajstić information content (AvgIpc) is 3.06. The molecule has 1 aromatic carbocycles. The summed E-state index contributed by atoms with van der Waals surface area (Å²) in [5.41, 5.74) is 1.08. The number of piperazine rings is 1. The van der Waals surface area contributed by atoms with Gasteiger partial charge in [-0.1, -0.05) is 26.0 Å². The molecule has 0 aliphatic carbocycles. The molecular weight excluding hydrogens is 390 g/mol. The molecule has 2 aliphatic heterocycles. The standard InChI is InChI=1S/C21H33N3O4S/c1-17(2)14-24(18-8-13-29(26,27)16-18)21(25)15-22-9-11-23(12-10-22)19-6-4-5-7-20(19)28-3/h4-7,17-18H,8-16H2,1-3H3/t18-/m0/s1. The van der Waals surface area contributed by atoms with E-state index >= 15 is 0 Å². The van der Waals surface area contributed by atoms with Crippen LogP contribution in [0.3, 0.4) is 0 Å². The summed E-state index contributed by atoms with van der Waals surface area (Å²) < 4.78 is 29.3. The highest BCUT2D eigenvalue weighted by Gasteiger charge is 2.35. The van der Waals surface area contributed by atoms with Crippen molar-refractivity contribution in [2.75, 3.05) is 62.8 Å². The van der Waals surface area contributed by atoms with Crippen molar-refractivity contribution in [2.24, 2.45) is 5.92 Å². The molecular formula is C21H33N3O4S. The van der Waals surface area contributed by atoms with E-state index in [1.54, 1.807) is 7.11 Å². The molecule has 0 radical (unpaired) electrons. The second kappa shape index (κ2) is 9.34. The molecule has 7 nitrogen and oxygen atoms in total. The van der Waals surface area contributed by atoms with Gasteiger partial charge in [-0.2, -0.15) is 0 Å². The molecule has 162 valence electrons. The maximum atomic E-state index is 13.1. The largest absolute Gasteiger partial charge is 0.495 e. The molecule has 0 aromatic heterocycles. The molecule has 0 spiro atoms. The van der Waals surface area contributed by atoms with E-state index in [0.717, 1.165) is 37.6 Å². The third-order valence-corrected chi connectivity index (χ3v) is 7.44. The summed E-state index contributed by atoms with van der Waals surface area (Å²) in [6, 6.07) is 7.82. The number of nitrogens with zero attached hydrogens (tertiary/aromatic N) is 3. The lowest BCUT2D eigenvalue weighted by Gasteiger charge is -2.38. The molecule has 8 heteroatoms. The Hall–Kier alpha value is -1.80. The number of methoxy groups -OCH3 is 1. The van der Waals surface area contributed by atoms with E-state index < -0.39 is 9.84 Å². The fourth-order valence-corrected chi connectivity index (χ4v) is 5.92. The highest BCUT2D eigenvalue weighted by Crippen LogP contribution is 2.28. The first-order chi connectivity index (χ1) is 13.8. The minimum absolute atomic E-state index is 0.0477. The number of amides is 1. The lowest BCUT2D eigenvalue weighted by Crippen LogP contribution is -2.52. The van der Waals surface area contributed by atoms with Crippen LogP contribution in [0.15, 0.2) is 24.3 Å². The second-order valence-corrected chi connectivity index (χ2v) is 10.7. The zero-order valence-electron chi connectivity index (χ0n) is 17.7. The minimum Gasteiger partial charge on any atom is -0.495 e. The lowest BCUT2D eigenvalue weighted by molar-refractivity contribution is -0.135. The number of anilines is 1. The van der Waals surface area contributed by atoms with Gasteiger partial charge in [0.15, 0.2) is 9.84 Å². The predicted octanol–water partition coefficient (Wildman–Crippen LogP) is 1.49. The summed E-state index contributed by atoms with van der Waals surface area (Å²) in [6.45, 7) is 8.34. The van der Waals surface area contributed by atoms with Crippen molar-refractivity contribution < 1.29 is 17.9 Å². The Morgan fingerprint density at radius 1 is 1.21 bits per heavy atom. The Balaban J connectivity index is 1.58. The second-order valence-electron chi connectivity index (χ2n) is 8.43. The van der Waals surface area contributed by atoms with Gasteiger partial charge in [0.2, 0.25) is 5.91 Å². The number of hydrogen-bond acceptors (Lipinski definition) is 6. The van der Waals surface area contributed by atoms with Crippen molar-refractivity contribution in [1.29, 1.82) is 0 Å². The normalized spacial score (nSPS) is 22.1. The minimum atomic E-state index is -3.01. The fourth-order valence-electron chi connectivity index (χ4n) is 4.19. The molecule has 3 rings (SSSR count). The van der Waals surface area contributed by atoms with Crippen molar-refractivity contribution in [1.82, 2.24) is 9.80 Å². The van der Waals surface area contributed by atoms with E-state index in [0.29, 0.717) is 25.4 Å². The van der Waals surface area contributed by atoms with Gasteiger partial charge in [0.05, 0.1) is 30.8 Å². The van der Waals surface area contributed by atoms with E-state index in [4.69, 9.17) is 4.74 Å². The van der Waals surface area contributed by atoms with E-state index in [1.807, 2.05) is 23.1 Å². The van der Waals surface area contributed by atoms with Crippen molar-refractivity contribution in [3.8, 4) is 5.75 Å². The van der Waals surface area contributed by atoms with E-state index in [2.05, 4.69) is 29.7 Å². The molecule has 2 aliphatic rings. The number of carbonyl (C=O) groups is 1. The Morgan fingerprint density at radius 2 is 1.90 bits per heavy atom. The first-order valence-corrected chi connectivity index (χ1v) is 12.2. The molecule has 1 atom stereocenters. The number of carbonyl (C=O) groups excluding carboxylic acids is 1. The Bertz CT molecular complexity index is 804. The van der Waals surface area contributed by atoms with Crippen molar-refractivity contribution >= 4 is 21.4 Å². The zero-order valence-corrected chi connectivity index (χ0v) is 18.5. The first-order valence-electron chi connectivity index (χ1n) is 10.4. The maximum absolute atomic E-state index is 13.1. The number of hydrogen-bond donors (Lipinski definition) is 0. The van der Waals surface area contributed by atoms with Gasteiger partial charge in [-0.25, -0.2) is 8.42 Å². The monoisotopic (exact) mass is 423 g/mol. The van der Waals surface area contributed by atoms with Crippen LogP contribution in [0.4, 0.5) is 5.69 Å². The van der Waals surface area contributed by atoms with Crippen LogP contribution in [0.2, 0.25) is 0 Å².